The van der Waals surface area contributed by atoms with Crippen LogP contribution in [0.15, 0.2) is 65.7 Å². The number of carboxylic acids is 1. The van der Waals surface area contributed by atoms with Crippen molar-refractivity contribution >= 4 is 65.1 Å². The van der Waals surface area contributed by atoms with Crippen LogP contribution in [0.3, 0.4) is 0 Å². The van der Waals surface area contributed by atoms with Gasteiger partial charge in [0.2, 0.25) is 53.2 Å². The van der Waals surface area contributed by atoms with E-state index < -0.39 is 123 Å². The van der Waals surface area contributed by atoms with Gasteiger partial charge in [-0.15, -0.1) is 0 Å². The normalized spacial score (nSPS) is 12.3. The van der Waals surface area contributed by atoms with Crippen molar-refractivity contribution in [3.05, 3.63) is 71.8 Å². The second-order valence-electron chi connectivity index (χ2n) is 13.7. The van der Waals surface area contributed by atoms with Crippen LogP contribution in [0.2, 0.25) is 0 Å². The molecule has 2 rings (SSSR count). The number of rotatable bonds is 28. The monoisotopic (exact) mass is 897 g/mol. The molecule has 25 heteroatoms. The van der Waals surface area contributed by atoms with Crippen LogP contribution in [-0.2, 0) is 60.8 Å². The third kappa shape index (κ3) is 21.7. The lowest BCUT2D eigenvalue weighted by Crippen LogP contribution is -2.56. The van der Waals surface area contributed by atoms with Crippen molar-refractivity contribution in [2.45, 2.75) is 49.9 Å². The maximum atomic E-state index is 13.6. The molecule has 0 aliphatic heterocycles. The number of benzene rings is 2. The summed E-state index contributed by atoms with van der Waals surface area (Å²) in [5.41, 5.74) is 17.3. The minimum Gasteiger partial charge on any atom is -0.480 e. The van der Waals surface area contributed by atoms with Gasteiger partial charge in [0.05, 0.1) is 39.3 Å². The molecule has 2 aromatic carbocycles. The first-order chi connectivity index (χ1) is 30.5. The predicted molar refractivity (Wildman–Crippen MR) is 227 cm³/mol. The molecule has 0 fully saturated rings. The van der Waals surface area contributed by atoms with E-state index >= 15 is 0 Å². The molecule has 9 amide bonds. The summed E-state index contributed by atoms with van der Waals surface area (Å²) in [7, 11) is 0. The molecule has 348 valence electrons. The molecule has 0 heterocycles. The molecule has 0 spiro atoms. The molecule has 17 N–H and O–H groups in total. The van der Waals surface area contributed by atoms with E-state index in [1.165, 1.54) is 0 Å². The summed E-state index contributed by atoms with van der Waals surface area (Å²) < 4.78 is 0. The van der Waals surface area contributed by atoms with Gasteiger partial charge in [0.1, 0.15) is 30.7 Å². The Labute approximate surface area is 366 Å². The van der Waals surface area contributed by atoms with E-state index in [1.54, 1.807) is 60.7 Å². The molecule has 0 bridgehead atoms. The van der Waals surface area contributed by atoms with Crippen molar-refractivity contribution in [1.82, 2.24) is 47.9 Å². The summed E-state index contributed by atoms with van der Waals surface area (Å²) in [4.78, 5) is 129. The van der Waals surface area contributed by atoms with Crippen molar-refractivity contribution in [2.75, 3.05) is 52.4 Å². The van der Waals surface area contributed by atoms with Crippen molar-refractivity contribution < 1.29 is 58.2 Å². The van der Waals surface area contributed by atoms with E-state index in [-0.39, 0.29) is 44.7 Å². The van der Waals surface area contributed by atoms with Gasteiger partial charge in [0.25, 0.3) is 0 Å². The second-order valence-corrected chi connectivity index (χ2v) is 13.7. The van der Waals surface area contributed by atoms with Gasteiger partial charge in [-0.05, 0) is 24.0 Å². The van der Waals surface area contributed by atoms with Gasteiger partial charge in [-0.25, -0.2) is 0 Å². The molecule has 0 aliphatic carbocycles. The Morgan fingerprint density at radius 1 is 0.516 bits per heavy atom. The van der Waals surface area contributed by atoms with E-state index in [9.17, 15) is 53.1 Å². The van der Waals surface area contributed by atoms with E-state index in [2.05, 4.69) is 47.5 Å². The highest BCUT2D eigenvalue weighted by Gasteiger charge is 2.28. The second kappa shape index (κ2) is 28.8. The highest BCUT2D eigenvalue weighted by molar-refractivity contribution is 5.96. The third-order valence-corrected chi connectivity index (χ3v) is 8.62. The van der Waals surface area contributed by atoms with Crippen molar-refractivity contribution in [3.8, 4) is 0 Å². The summed E-state index contributed by atoms with van der Waals surface area (Å²) in [6.45, 7) is -4.42. The molecule has 0 aliphatic rings. The fraction of sp³-hybridized carbons (Fsp3) is 0.410. The SMILES string of the molecule is NCC(=O)NCC(=O)N[C@@H](Cc1ccccc1)C(=O)N[C@@H](CCCN=C(N)N)C(=O)NCC(=O)NCC(=O)N[C@@H](Cc1ccccc1)C(=O)NCC(=O)N[C@@H](CO)C(=O)NCC(=O)O. The van der Waals surface area contributed by atoms with Crippen molar-refractivity contribution in [1.29, 1.82) is 0 Å². The van der Waals surface area contributed by atoms with Crippen LogP contribution in [0.4, 0.5) is 0 Å². The van der Waals surface area contributed by atoms with Crippen LogP contribution in [0.25, 0.3) is 0 Å². The summed E-state index contributed by atoms with van der Waals surface area (Å²) in [5, 5.41) is 39.2. The Hall–Kier alpha value is -7.67. The fourth-order valence-electron chi connectivity index (χ4n) is 5.45. The molecule has 64 heavy (non-hydrogen) atoms. The number of carbonyl (C=O) groups excluding carboxylic acids is 9. The number of hydrogen-bond acceptors (Lipinski definition) is 13. The zero-order valence-corrected chi connectivity index (χ0v) is 34.7. The third-order valence-electron chi connectivity index (χ3n) is 8.62. The smallest absolute Gasteiger partial charge is 0.322 e. The largest absolute Gasteiger partial charge is 0.480 e. The topological polar surface area (TPSA) is 410 Å². The number of nitrogens with one attached hydrogen (secondary N) is 9. The van der Waals surface area contributed by atoms with E-state index in [4.69, 9.17) is 22.3 Å². The molecule has 25 nitrogen and oxygen atoms in total. The number of amides is 9. The zero-order valence-electron chi connectivity index (χ0n) is 34.7. The summed E-state index contributed by atoms with van der Waals surface area (Å²) in [6, 6.07) is 11.8. The average molecular weight is 898 g/mol. The first-order valence-corrected chi connectivity index (χ1v) is 19.7. The van der Waals surface area contributed by atoms with Gasteiger partial charge >= 0.3 is 5.97 Å². The van der Waals surface area contributed by atoms with Crippen LogP contribution in [-0.4, -0.2) is 152 Å². The Morgan fingerprint density at radius 2 is 0.938 bits per heavy atom. The lowest BCUT2D eigenvalue weighted by molar-refractivity contribution is -0.138. The number of guanidine groups is 1. The number of nitrogens with zero attached hydrogens (tertiary/aromatic N) is 1. The van der Waals surface area contributed by atoms with Crippen LogP contribution in [0, 0.1) is 0 Å². The quantitative estimate of drug-likeness (QED) is 0.0214. The number of aliphatic hydroxyl groups is 1. The number of aliphatic carboxylic acids is 1. The molecule has 4 atom stereocenters. The average Bonchev–Trinajstić information content (AvgIpc) is 3.27. The number of nitrogens with two attached hydrogens (primary N) is 3. The zero-order chi connectivity index (χ0) is 47.4. The van der Waals surface area contributed by atoms with E-state index in [0.717, 1.165) is 0 Å². The molecule has 0 aromatic heterocycles. The Kier molecular flexibility index (Phi) is 23.6. The molecule has 0 saturated carbocycles. The Morgan fingerprint density at radius 3 is 1.42 bits per heavy atom. The number of hydrogen-bond donors (Lipinski definition) is 14. The van der Waals surface area contributed by atoms with Crippen molar-refractivity contribution in [2.24, 2.45) is 22.2 Å². The van der Waals surface area contributed by atoms with Gasteiger partial charge in [0.15, 0.2) is 5.96 Å². The highest BCUT2D eigenvalue weighted by atomic mass is 16.4. The summed E-state index contributed by atoms with van der Waals surface area (Å²) in [6.07, 6.45) is 0.119. The maximum Gasteiger partial charge on any atom is 0.322 e. The maximum absolute atomic E-state index is 13.6. The van der Waals surface area contributed by atoms with Gasteiger partial charge < -0.3 is 75.3 Å². The van der Waals surface area contributed by atoms with E-state index in [1.807, 2.05) is 5.32 Å². The number of carboxylic acid groups (broad SMARTS) is 1. The summed E-state index contributed by atoms with van der Waals surface area (Å²) in [5.74, 6) is -8.86. The molecular formula is C39H55N13O12. The molecule has 2 aromatic rings. The fourth-order valence-corrected chi connectivity index (χ4v) is 5.45. The lowest BCUT2D eigenvalue weighted by Gasteiger charge is -2.23. The number of carbonyl (C=O) groups is 10. The standard InChI is InChI=1S/C39H55N13O12/c40-16-29(54)44-18-31(56)50-27(15-24-10-5-2-6-11-24)38(64)52-25(12-7-13-43-39(41)42)35(61)46-17-30(55)45-19-32(57)49-26(14-23-8-3-1-4-9-23)36(62)47-20-33(58)51-28(22-53)37(63)48-21-34(59)60/h1-6,8-11,25-28,53H,7,12-22,40H2,(H,44,54)(H,45,55)(H,46,61)(H,47,62)(H,48,63)(H,49,57)(H,50,56)(H,51,58)(H,52,64)(H,59,60)(H4,41,42,43)/t25-,26-,27-,28-/m0/s1. The Balaban J connectivity index is 2.06. The first kappa shape index (κ1) is 52.5. The van der Waals surface area contributed by atoms with Crippen LogP contribution >= 0.6 is 0 Å². The highest BCUT2D eigenvalue weighted by Crippen LogP contribution is 2.07. The molecular weight excluding hydrogens is 843 g/mol. The Bertz CT molecular complexity index is 1950. The minimum atomic E-state index is -1.52. The number of aliphatic imine (C=N–C) groups is 1. The van der Waals surface area contributed by atoms with Gasteiger partial charge in [0, 0.05) is 19.4 Å². The minimum absolute atomic E-state index is 0.00195. The van der Waals surface area contributed by atoms with Gasteiger partial charge in [-0.2, -0.15) is 0 Å². The van der Waals surface area contributed by atoms with Crippen LogP contribution < -0.4 is 65.1 Å². The van der Waals surface area contributed by atoms with E-state index in [0.29, 0.717) is 11.1 Å². The predicted octanol–water partition coefficient (Wildman–Crippen LogP) is -6.92. The van der Waals surface area contributed by atoms with Crippen LogP contribution in [0.1, 0.15) is 24.0 Å². The summed E-state index contributed by atoms with van der Waals surface area (Å²) >= 11 is 0. The molecule has 0 unspecified atom stereocenters. The van der Waals surface area contributed by atoms with Gasteiger partial charge in [-0.3, -0.25) is 52.9 Å². The van der Waals surface area contributed by atoms with Crippen LogP contribution in [0.5, 0.6) is 0 Å². The molecule has 0 saturated heterocycles. The lowest BCUT2D eigenvalue weighted by atomic mass is 10.0. The van der Waals surface area contributed by atoms with Crippen molar-refractivity contribution in [3.63, 3.8) is 0 Å². The van der Waals surface area contributed by atoms with Gasteiger partial charge in [-0.1, -0.05) is 60.7 Å². The molecule has 0 radical (unpaired) electrons. The first-order valence-electron chi connectivity index (χ1n) is 19.7. The number of aliphatic hydroxyl groups excluding tert-OH is 1.